The third-order valence-electron chi connectivity index (χ3n) is 4.33. The van der Waals surface area contributed by atoms with Crippen molar-refractivity contribution >= 4 is 18.6 Å². The molecule has 0 radical (unpaired) electrons. The van der Waals surface area contributed by atoms with Crippen LogP contribution >= 0.6 is 18.6 Å². The van der Waals surface area contributed by atoms with Gasteiger partial charge in [0.2, 0.25) is 0 Å². The molecule has 0 saturated heterocycles. The minimum Gasteiger partial charge on any atom is -0.693 e. The molecule has 0 aliphatic heterocycles. The monoisotopic (exact) mass is 446 g/mol. The first-order valence-corrected chi connectivity index (χ1v) is 13.2. The number of rotatable bonds is 2. The molecule has 0 amide bonds. The van der Waals surface area contributed by atoms with Crippen LogP contribution < -0.4 is 0 Å². The summed E-state index contributed by atoms with van der Waals surface area (Å²) in [5, 5.41) is 0. The SMILES string of the molecule is C[C-](C)Cc1cccc2c1Cc1ccccc1-2.[CH2-]c1ccccc1.[Cl][Ti][Cl].[NH2-]. The quantitative estimate of drug-likeness (QED) is 0.219. The standard InChI is InChI=1S/C17H17.C7H7.2ClH.H2N.Ti/c1-12(2)10-13-7-5-9-16-15-8-4-3-6-14(15)11-17(13)16;1-7-5-3-2-4-6-7;;;;/h3-9H,10-11H2,1-2H3;2-6H,1H2;2*1H;1H2;/q2*-1;;;-1;+2/p-2. The molecule has 0 bridgehead atoms. The van der Waals surface area contributed by atoms with Crippen molar-refractivity contribution in [3.63, 3.8) is 0 Å². The van der Waals surface area contributed by atoms with Crippen molar-refractivity contribution in [2.24, 2.45) is 0 Å². The van der Waals surface area contributed by atoms with Gasteiger partial charge in [-0.15, -0.1) is 12.1 Å². The van der Waals surface area contributed by atoms with Gasteiger partial charge in [0.05, 0.1) is 0 Å². The van der Waals surface area contributed by atoms with Gasteiger partial charge in [-0.3, -0.25) is 0 Å². The van der Waals surface area contributed by atoms with Crippen molar-refractivity contribution in [3.05, 3.63) is 114 Å². The fourth-order valence-electron chi connectivity index (χ4n) is 3.25. The molecule has 4 rings (SSSR count). The van der Waals surface area contributed by atoms with Crippen LogP contribution in [0.2, 0.25) is 0 Å². The molecule has 0 spiro atoms. The molecule has 4 heteroatoms. The van der Waals surface area contributed by atoms with Crippen LogP contribution in [-0.4, -0.2) is 0 Å². The molecule has 0 unspecified atom stereocenters. The van der Waals surface area contributed by atoms with Crippen LogP contribution in [0.25, 0.3) is 17.3 Å². The van der Waals surface area contributed by atoms with Gasteiger partial charge in [0.1, 0.15) is 0 Å². The number of fused-ring (bicyclic) bond motifs is 3. The minimum absolute atomic E-state index is 0. The number of benzene rings is 3. The van der Waals surface area contributed by atoms with Crippen molar-refractivity contribution < 1.29 is 17.0 Å². The van der Waals surface area contributed by atoms with Crippen LogP contribution in [0.3, 0.4) is 0 Å². The second-order valence-corrected chi connectivity index (χ2v) is 9.30. The van der Waals surface area contributed by atoms with E-state index in [4.69, 9.17) is 18.6 Å². The molecule has 0 saturated carbocycles. The van der Waals surface area contributed by atoms with Gasteiger partial charge in [-0.2, -0.15) is 44.9 Å². The number of hydrogen-bond acceptors (Lipinski definition) is 0. The molecule has 3 aromatic rings. The van der Waals surface area contributed by atoms with Crippen LogP contribution in [0.4, 0.5) is 0 Å². The van der Waals surface area contributed by atoms with E-state index in [1.54, 1.807) is 0 Å². The summed E-state index contributed by atoms with van der Waals surface area (Å²) in [7, 11) is 9.78. The van der Waals surface area contributed by atoms with Crippen LogP contribution in [0.1, 0.15) is 36.1 Å². The zero-order valence-electron chi connectivity index (χ0n) is 16.4. The molecule has 1 nitrogen and oxygen atoms in total. The molecule has 148 valence electrons. The van der Waals surface area contributed by atoms with Crippen LogP contribution in [0.15, 0.2) is 72.8 Å². The van der Waals surface area contributed by atoms with Crippen molar-refractivity contribution in [1.29, 1.82) is 0 Å². The summed E-state index contributed by atoms with van der Waals surface area (Å²) in [6, 6.07) is 25.4. The Labute approximate surface area is 186 Å². The van der Waals surface area contributed by atoms with Crippen LogP contribution in [0, 0.1) is 12.8 Å². The molecule has 1 aliphatic carbocycles. The summed E-state index contributed by atoms with van der Waals surface area (Å²) in [4.78, 5) is 0. The van der Waals surface area contributed by atoms with E-state index in [1.165, 1.54) is 33.7 Å². The Morgan fingerprint density at radius 1 is 0.857 bits per heavy atom. The van der Waals surface area contributed by atoms with E-state index in [0.29, 0.717) is 0 Å². The van der Waals surface area contributed by atoms with E-state index in [9.17, 15) is 0 Å². The van der Waals surface area contributed by atoms with E-state index in [2.05, 4.69) is 63.2 Å². The summed E-state index contributed by atoms with van der Waals surface area (Å²) in [5.74, 6) is 1.48. The minimum atomic E-state index is -0.556. The predicted octanol–water partition coefficient (Wildman–Crippen LogP) is 8.38. The molecule has 0 fully saturated rings. The van der Waals surface area contributed by atoms with Gasteiger partial charge in [0.15, 0.2) is 0 Å². The van der Waals surface area contributed by atoms with Gasteiger partial charge < -0.3 is 12.1 Å². The number of halogens is 2. The summed E-state index contributed by atoms with van der Waals surface area (Å²) < 4.78 is 0. The summed E-state index contributed by atoms with van der Waals surface area (Å²) in [6.45, 7) is 8.14. The van der Waals surface area contributed by atoms with Gasteiger partial charge in [-0.25, -0.2) is 0 Å². The third kappa shape index (κ3) is 7.31. The van der Waals surface area contributed by atoms with E-state index in [0.717, 1.165) is 18.4 Å². The number of hydrogen-bond donors (Lipinski definition) is 0. The maximum absolute atomic E-state index is 4.89. The average Bonchev–Trinajstić information content (AvgIpc) is 3.03. The zero-order chi connectivity index (χ0) is 19.6. The van der Waals surface area contributed by atoms with Crippen LogP contribution in [0.5, 0.6) is 0 Å². The number of nitrogens with two attached hydrogens (primary N) is 1. The second kappa shape index (κ2) is 13.1. The van der Waals surface area contributed by atoms with E-state index < -0.39 is 17.0 Å². The van der Waals surface area contributed by atoms with Gasteiger partial charge in [-0.1, -0.05) is 54.1 Å². The summed E-state index contributed by atoms with van der Waals surface area (Å²) in [6.07, 6.45) is 2.21. The fourth-order valence-corrected chi connectivity index (χ4v) is 3.25. The molecular weight excluding hydrogens is 421 g/mol. The van der Waals surface area contributed by atoms with E-state index in [-0.39, 0.29) is 6.15 Å². The van der Waals surface area contributed by atoms with E-state index in [1.807, 2.05) is 30.3 Å². The normalized spacial score (nSPS) is 10.3. The van der Waals surface area contributed by atoms with Crippen LogP contribution in [-0.2, 0) is 29.9 Å². The van der Waals surface area contributed by atoms with Crippen molar-refractivity contribution in [2.45, 2.75) is 26.7 Å². The Balaban J connectivity index is 0.000000300. The molecular formula is C24H26Cl2NTi-3. The van der Waals surface area contributed by atoms with Gasteiger partial charge in [-0.05, 0) is 28.7 Å². The Kier molecular flexibility index (Phi) is 11.6. The van der Waals surface area contributed by atoms with Crippen molar-refractivity contribution in [2.75, 3.05) is 0 Å². The maximum atomic E-state index is 4.89. The molecule has 28 heavy (non-hydrogen) atoms. The molecule has 0 aromatic heterocycles. The first-order valence-electron chi connectivity index (χ1n) is 8.88. The topological polar surface area (TPSA) is 33.5 Å². The molecule has 0 heterocycles. The molecule has 3 aromatic carbocycles. The second-order valence-electron chi connectivity index (χ2n) is 6.72. The van der Waals surface area contributed by atoms with Gasteiger partial charge in [0, 0.05) is 0 Å². The Bertz CT molecular complexity index is 835. The Morgan fingerprint density at radius 3 is 2.00 bits per heavy atom. The largest absolute Gasteiger partial charge is 0.693 e. The van der Waals surface area contributed by atoms with E-state index >= 15 is 0 Å². The Hall–Kier alpha value is -1.22. The summed E-state index contributed by atoms with van der Waals surface area (Å²) in [5.41, 5.74) is 8.46. The zero-order valence-corrected chi connectivity index (χ0v) is 19.5. The molecule has 2 N–H and O–H groups in total. The fraction of sp³-hybridized carbons (Fsp3) is 0.167. The van der Waals surface area contributed by atoms with Gasteiger partial charge in [0.25, 0.3) is 0 Å². The average molecular weight is 447 g/mol. The molecule has 0 atom stereocenters. The smallest absolute Gasteiger partial charge is 0.693 e. The van der Waals surface area contributed by atoms with Gasteiger partial charge >= 0.3 is 35.6 Å². The molecule has 1 aliphatic rings. The maximum Gasteiger partial charge on any atom is -0.693 e. The predicted molar refractivity (Wildman–Crippen MR) is 121 cm³/mol. The first-order chi connectivity index (χ1) is 13.1. The van der Waals surface area contributed by atoms with Crippen molar-refractivity contribution in [1.82, 2.24) is 0 Å². The van der Waals surface area contributed by atoms with Crippen molar-refractivity contribution in [3.8, 4) is 11.1 Å². The Morgan fingerprint density at radius 2 is 1.43 bits per heavy atom. The summed E-state index contributed by atoms with van der Waals surface area (Å²) >= 11 is -0.556. The third-order valence-corrected chi connectivity index (χ3v) is 4.33. The first kappa shape index (κ1) is 24.8.